The van der Waals surface area contributed by atoms with E-state index in [4.69, 9.17) is 18.4 Å². The first kappa shape index (κ1) is 53.1. The van der Waals surface area contributed by atoms with Crippen LogP contribution in [0, 0.1) is 0 Å². The first-order valence-electron chi connectivity index (χ1n) is 22.5. The molecule has 0 fully saturated rings. The van der Waals surface area contributed by atoms with E-state index in [0.29, 0.717) is 24.4 Å². The molecule has 1 N–H and O–H groups in total. The Bertz CT molecular complexity index is 704. The van der Waals surface area contributed by atoms with Gasteiger partial charge >= 0.3 is 8.80 Å². The van der Waals surface area contributed by atoms with Gasteiger partial charge in [0.1, 0.15) is 5.55 Å². The number of rotatable bonds is 40. The Balaban J connectivity index is 0. The second-order valence-electron chi connectivity index (χ2n) is 15.2. The minimum atomic E-state index is -3.36. The molecule has 0 unspecified atom stereocenters. The number of thiocarbonyl (C=S) groups is 1. The minimum absolute atomic E-state index is 0.265. The molecule has 0 heterocycles. The summed E-state index contributed by atoms with van der Waals surface area (Å²) in [6, 6.07) is 0.526. The Morgan fingerprint density at radius 3 is 0.885 bits per heavy atom. The van der Waals surface area contributed by atoms with Gasteiger partial charge in [-0.3, -0.25) is 9.59 Å². The van der Waals surface area contributed by atoms with Crippen LogP contribution in [0.1, 0.15) is 252 Å². The molecule has 0 rings (SSSR count). The van der Waals surface area contributed by atoms with Crippen LogP contribution in [0.3, 0.4) is 0 Å². The molecule has 0 spiro atoms. The molecule has 0 aromatic heterocycles. The molecule has 0 aliphatic rings. The zero-order valence-electron chi connectivity index (χ0n) is 35.1. The summed E-state index contributed by atoms with van der Waals surface area (Å²) in [4.78, 5) is 25.7. The fourth-order valence-electron chi connectivity index (χ4n) is 6.81. The van der Waals surface area contributed by atoms with Crippen LogP contribution in [0.4, 0.5) is 0 Å². The molecular weight excluding hydrogens is 685 g/mol. The highest BCUT2D eigenvalue weighted by Crippen LogP contribution is 2.23. The van der Waals surface area contributed by atoms with E-state index in [1.165, 1.54) is 167 Å². The molecule has 0 aliphatic heterocycles. The average molecular weight is 773 g/mol. The van der Waals surface area contributed by atoms with E-state index < -0.39 is 8.80 Å². The van der Waals surface area contributed by atoms with Crippen LogP contribution in [0.15, 0.2) is 0 Å². The fraction of sp³-hybridized carbons (Fsp3) is 0.932. The van der Waals surface area contributed by atoms with Crippen LogP contribution in [-0.4, -0.2) is 38.5 Å². The molecule has 310 valence electrons. The SMILES string of the molecule is CCCCCCCCCCCCCCCCCC(=O)O[Si](CCCCCC)(OC)OC(=O)CCCCCCCCCCCCCCCCC.OC=S. The van der Waals surface area contributed by atoms with E-state index >= 15 is 0 Å². The van der Waals surface area contributed by atoms with E-state index in [1.54, 1.807) is 7.11 Å². The van der Waals surface area contributed by atoms with E-state index in [-0.39, 0.29) is 11.9 Å². The Labute approximate surface area is 330 Å². The molecule has 6 nitrogen and oxygen atoms in total. The molecule has 0 atom stereocenters. The summed E-state index contributed by atoms with van der Waals surface area (Å²) in [6.45, 7) is 6.73. The molecule has 8 heteroatoms. The van der Waals surface area contributed by atoms with Gasteiger partial charge in [-0.2, -0.15) is 0 Å². The quantitative estimate of drug-likeness (QED) is 0.0377. The van der Waals surface area contributed by atoms with Gasteiger partial charge in [-0.1, -0.05) is 220 Å². The molecule has 0 aromatic rings. The predicted octanol–water partition coefficient (Wildman–Crippen LogP) is 15.3. The van der Waals surface area contributed by atoms with Gasteiger partial charge in [0.15, 0.2) is 0 Å². The van der Waals surface area contributed by atoms with Crippen LogP contribution in [0.5, 0.6) is 0 Å². The summed E-state index contributed by atoms with van der Waals surface area (Å²) in [5.74, 6) is -0.531. The van der Waals surface area contributed by atoms with Gasteiger partial charge in [-0.15, -0.1) is 0 Å². The second-order valence-corrected chi connectivity index (χ2v) is 18.0. The fourth-order valence-corrected chi connectivity index (χ4v) is 9.00. The van der Waals surface area contributed by atoms with Gasteiger partial charge in [0.25, 0.3) is 11.9 Å². The van der Waals surface area contributed by atoms with Crippen LogP contribution >= 0.6 is 12.2 Å². The third kappa shape index (κ3) is 40.2. The Morgan fingerprint density at radius 2 is 0.654 bits per heavy atom. The second kappa shape index (κ2) is 44.4. The summed E-state index contributed by atoms with van der Waals surface area (Å²) in [5, 5.41) is 7.26. The largest absolute Gasteiger partial charge is 0.635 e. The average Bonchev–Trinajstić information content (AvgIpc) is 3.13. The lowest BCUT2D eigenvalue weighted by Gasteiger charge is -2.27. The van der Waals surface area contributed by atoms with Crippen LogP contribution < -0.4 is 0 Å². The molecule has 0 radical (unpaired) electrons. The maximum absolute atomic E-state index is 12.9. The summed E-state index contributed by atoms with van der Waals surface area (Å²) < 4.78 is 17.6. The van der Waals surface area contributed by atoms with Crippen LogP contribution in [0.2, 0.25) is 6.04 Å². The third-order valence-electron chi connectivity index (χ3n) is 10.2. The van der Waals surface area contributed by atoms with Crippen molar-refractivity contribution < 1.29 is 28.0 Å². The smallest absolute Gasteiger partial charge is 0.504 e. The zero-order valence-corrected chi connectivity index (χ0v) is 37.0. The number of unbranched alkanes of at least 4 members (excludes halogenated alkanes) is 31. The zero-order chi connectivity index (χ0) is 38.6. The lowest BCUT2D eigenvalue weighted by atomic mass is 10.0. The number of hydrogen-bond donors (Lipinski definition) is 1. The monoisotopic (exact) mass is 773 g/mol. The summed E-state index contributed by atoms with van der Waals surface area (Å²) in [5.41, 5.74) is 0.583. The van der Waals surface area contributed by atoms with Crippen molar-refractivity contribution in [1.82, 2.24) is 0 Å². The van der Waals surface area contributed by atoms with Gasteiger partial charge in [0, 0.05) is 26.0 Å². The highest BCUT2D eigenvalue weighted by molar-refractivity contribution is 7.78. The minimum Gasteiger partial charge on any atom is -0.504 e. The van der Waals surface area contributed by atoms with E-state index in [2.05, 4.69) is 33.0 Å². The van der Waals surface area contributed by atoms with Crippen LogP contribution in [-0.2, 0) is 22.9 Å². The Hall–Kier alpha value is -0.993. The number of hydrogen-bond acceptors (Lipinski definition) is 6. The third-order valence-corrected chi connectivity index (χ3v) is 12.8. The first-order valence-corrected chi connectivity index (χ1v) is 24.9. The predicted molar refractivity (Wildman–Crippen MR) is 229 cm³/mol. The van der Waals surface area contributed by atoms with Crippen molar-refractivity contribution in [2.24, 2.45) is 0 Å². The van der Waals surface area contributed by atoms with Gasteiger partial charge in [-0.05, 0) is 31.5 Å². The van der Waals surface area contributed by atoms with Crippen molar-refractivity contribution in [2.75, 3.05) is 7.11 Å². The van der Waals surface area contributed by atoms with Crippen molar-refractivity contribution in [3.63, 3.8) is 0 Å². The van der Waals surface area contributed by atoms with Crippen molar-refractivity contribution in [2.45, 2.75) is 258 Å². The van der Waals surface area contributed by atoms with Gasteiger partial charge in [0.2, 0.25) is 0 Å². The molecule has 0 aliphatic carbocycles. The highest BCUT2D eigenvalue weighted by atomic mass is 32.1. The van der Waals surface area contributed by atoms with Crippen molar-refractivity contribution >= 4 is 38.5 Å². The van der Waals surface area contributed by atoms with Gasteiger partial charge in [0.05, 0.1) is 0 Å². The normalized spacial score (nSPS) is 11.2. The molecule has 0 aromatic carbocycles. The number of aliphatic hydroxyl groups excluding tert-OH is 1. The van der Waals surface area contributed by atoms with Crippen molar-refractivity contribution in [3.8, 4) is 0 Å². The van der Waals surface area contributed by atoms with Crippen molar-refractivity contribution in [1.29, 1.82) is 0 Å². The van der Waals surface area contributed by atoms with Crippen molar-refractivity contribution in [3.05, 3.63) is 0 Å². The highest BCUT2D eigenvalue weighted by Gasteiger charge is 2.47. The maximum Gasteiger partial charge on any atom is 0.635 e. The number of carbonyl (C=O) groups is 2. The lowest BCUT2D eigenvalue weighted by Crippen LogP contribution is -2.48. The summed E-state index contributed by atoms with van der Waals surface area (Å²) in [7, 11) is -1.81. The first-order chi connectivity index (χ1) is 25.4. The molecule has 52 heavy (non-hydrogen) atoms. The summed E-state index contributed by atoms with van der Waals surface area (Å²) >= 11 is 3.82. The molecule has 0 saturated heterocycles. The molecule has 0 saturated carbocycles. The van der Waals surface area contributed by atoms with E-state index in [1.807, 2.05) is 0 Å². The van der Waals surface area contributed by atoms with Crippen LogP contribution in [0.25, 0.3) is 0 Å². The number of carbonyl (C=O) groups excluding carboxylic acids is 2. The molecular formula is C44H88O6SSi. The standard InChI is InChI=1S/C43H86O5Si.CH2OS/c1-5-8-11-14-16-18-20-22-24-26-28-30-32-34-36-39-42(44)47-49(46-4,41-38-13-10-7-3)48-43(45)40-37-35-33-31-29-27-25-23-21-19-17-15-12-9-6-2;2-1-3/h5-41H2,1-4H3;1H,(H,2,3). The van der Waals surface area contributed by atoms with E-state index in [9.17, 15) is 9.59 Å². The maximum atomic E-state index is 12.9. The topological polar surface area (TPSA) is 82.1 Å². The lowest BCUT2D eigenvalue weighted by molar-refractivity contribution is -0.145. The summed E-state index contributed by atoms with van der Waals surface area (Å²) in [6.07, 6.45) is 43.8. The van der Waals surface area contributed by atoms with Gasteiger partial charge < -0.3 is 18.4 Å². The van der Waals surface area contributed by atoms with Gasteiger partial charge in [-0.25, -0.2) is 0 Å². The molecule has 0 amide bonds. The Morgan fingerprint density at radius 1 is 0.442 bits per heavy atom. The molecule has 0 bridgehead atoms. The van der Waals surface area contributed by atoms with E-state index in [0.717, 1.165) is 51.4 Å². The Kier molecular flexibility index (Phi) is 45.4. The number of aliphatic hydroxyl groups is 1.